The van der Waals surface area contributed by atoms with Gasteiger partial charge in [-0.05, 0) is 36.4 Å². The van der Waals surface area contributed by atoms with Crippen molar-refractivity contribution in [3.05, 3.63) is 52.8 Å². The van der Waals surface area contributed by atoms with Crippen molar-refractivity contribution in [3.63, 3.8) is 0 Å². The van der Waals surface area contributed by atoms with Gasteiger partial charge in [0.2, 0.25) is 0 Å². The number of hydrogen-bond donors (Lipinski definition) is 3. The fraction of sp³-hybridized carbons (Fsp3) is 0.0714. The molecule has 0 aliphatic carbocycles. The first-order chi connectivity index (χ1) is 9.51. The minimum atomic E-state index is -0.413. The summed E-state index contributed by atoms with van der Waals surface area (Å²) in [5.74, 6) is -0.633. The number of anilines is 3. The largest absolute Gasteiger partial charge is 0.397 e. The molecule has 20 heavy (non-hydrogen) atoms. The zero-order valence-corrected chi connectivity index (χ0v) is 11.5. The maximum atomic E-state index is 13.0. The van der Waals surface area contributed by atoms with Crippen molar-refractivity contribution in [3.8, 4) is 0 Å². The Morgan fingerprint density at radius 2 is 1.90 bits per heavy atom. The lowest BCUT2D eigenvalue weighted by Gasteiger charge is -2.12. The van der Waals surface area contributed by atoms with Gasteiger partial charge in [-0.2, -0.15) is 0 Å². The third-order valence-corrected chi connectivity index (χ3v) is 3.05. The molecule has 0 spiro atoms. The van der Waals surface area contributed by atoms with Crippen molar-refractivity contribution < 1.29 is 9.18 Å². The number of nitrogen functional groups attached to an aromatic ring is 1. The molecule has 104 valence electrons. The summed E-state index contributed by atoms with van der Waals surface area (Å²) in [7, 11) is 1.54. The average Bonchev–Trinajstić information content (AvgIpc) is 2.42. The molecule has 2 aromatic rings. The molecule has 0 bridgehead atoms. The number of carbonyl (C=O) groups is 1. The van der Waals surface area contributed by atoms with Gasteiger partial charge < -0.3 is 16.4 Å². The Labute approximate surface area is 120 Å². The van der Waals surface area contributed by atoms with Gasteiger partial charge in [-0.15, -0.1) is 0 Å². The molecule has 1 amide bonds. The Morgan fingerprint density at radius 1 is 1.20 bits per heavy atom. The molecule has 4 N–H and O–H groups in total. The minimum Gasteiger partial charge on any atom is -0.397 e. The Morgan fingerprint density at radius 3 is 2.50 bits per heavy atom. The second-order valence-corrected chi connectivity index (χ2v) is 4.54. The first-order valence-corrected chi connectivity index (χ1v) is 6.22. The second kappa shape index (κ2) is 5.79. The highest BCUT2D eigenvalue weighted by Crippen LogP contribution is 2.29. The van der Waals surface area contributed by atoms with E-state index in [4.69, 9.17) is 17.3 Å². The van der Waals surface area contributed by atoms with Crippen LogP contribution in [0, 0.1) is 5.82 Å². The van der Waals surface area contributed by atoms with Gasteiger partial charge in [0.05, 0.1) is 22.1 Å². The first kappa shape index (κ1) is 14.1. The Bertz CT molecular complexity index is 661. The SMILES string of the molecule is CNC(=O)c1ccc(Nc2ccc(F)cc2Cl)c(N)c1. The number of amides is 1. The van der Waals surface area contributed by atoms with E-state index < -0.39 is 5.82 Å². The van der Waals surface area contributed by atoms with Crippen LogP contribution in [0.4, 0.5) is 21.5 Å². The summed E-state index contributed by atoms with van der Waals surface area (Å²) in [6.07, 6.45) is 0. The fourth-order valence-corrected chi connectivity index (χ4v) is 1.91. The molecular formula is C14H13ClFN3O. The number of carbonyl (C=O) groups excluding carboxylic acids is 1. The van der Waals surface area contributed by atoms with Crippen molar-refractivity contribution in [2.45, 2.75) is 0 Å². The normalized spacial score (nSPS) is 10.2. The van der Waals surface area contributed by atoms with E-state index in [9.17, 15) is 9.18 Å². The van der Waals surface area contributed by atoms with Crippen LogP contribution in [0.2, 0.25) is 5.02 Å². The molecular weight excluding hydrogens is 281 g/mol. The molecule has 0 radical (unpaired) electrons. The molecule has 0 saturated carbocycles. The minimum absolute atomic E-state index is 0.219. The summed E-state index contributed by atoms with van der Waals surface area (Å²) in [6, 6.07) is 8.87. The summed E-state index contributed by atoms with van der Waals surface area (Å²) < 4.78 is 13.0. The van der Waals surface area contributed by atoms with Crippen LogP contribution in [-0.4, -0.2) is 13.0 Å². The maximum absolute atomic E-state index is 13.0. The quantitative estimate of drug-likeness (QED) is 0.762. The van der Waals surface area contributed by atoms with E-state index >= 15 is 0 Å². The highest BCUT2D eigenvalue weighted by molar-refractivity contribution is 6.33. The van der Waals surface area contributed by atoms with E-state index in [1.54, 1.807) is 25.2 Å². The van der Waals surface area contributed by atoms with Crippen molar-refractivity contribution in [1.82, 2.24) is 5.32 Å². The lowest BCUT2D eigenvalue weighted by Crippen LogP contribution is -2.17. The van der Waals surface area contributed by atoms with Gasteiger partial charge in [-0.25, -0.2) is 4.39 Å². The number of rotatable bonds is 3. The lowest BCUT2D eigenvalue weighted by atomic mass is 10.1. The summed E-state index contributed by atoms with van der Waals surface area (Å²) in [6.45, 7) is 0. The third-order valence-electron chi connectivity index (χ3n) is 2.74. The molecule has 2 aromatic carbocycles. The van der Waals surface area contributed by atoms with Gasteiger partial charge in [0, 0.05) is 12.6 Å². The van der Waals surface area contributed by atoms with Gasteiger partial charge in [0.15, 0.2) is 0 Å². The molecule has 6 heteroatoms. The summed E-state index contributed by atoms with van der Waals surface area (Å²) in [4.78, 5) is 11.5. The Balaban J connectivity index is 2.28. The van der Waals surface area contributed by atoms with E-state index in [2.05, 4.69) is 10.6 Å². The van der Waals surface area contributed by atoms with E-state index in [1.165, 1.54) is 18.2 Å². The monoisotopic (exact) mass is 293 g/mol. The molecule has 0 aliphatic rings. The molecule has 0 unspecified atom stereocenters. The van der Waals surface area contributed by atoms with Gasteiger partial charge >= 0.3 is 0 Å². The van der Waals surface area contributed by atoms with Crippen LogP contribution in [0.15, 0.2) is 36.4 Å². The fourth-order valence-electron chi connectivity index (χ4n) is 1.70. The van der Waals surface area contributed by atoms with Crippen LogP contribution in [-0.2, 0) is 0 Å². The summed E-state index contributed by atoms with van der Waals surface area (Å²) >= 11 is 5.93. The Kier molecular flexibility index (Phi) is 4.10. The molecule has 0 atom stereocenters. The molecule has 2 rings (SSSR count). The zero-order valence-electron chi connectivity index (χ0n) is 10.7. The number of hydrogen-bond acceptors (Lipinski definition) is 3. The number of nitrogens with two attached hydrogens (primary N) is 1. The maximum Gasteiger partial charge on any atom is 0.251 e. The molecule has 0 aliphatic heterocycles. The highest BCUT2D eigenvalue weighted by Gasteiger charge is 2.08. The predicted octanol–water partition coefficient (Wildman–Crippen LogP) is 3.16. The molecule has 0 fully saturated rings. The van der Waals surface area contributed by atoms with E-state index in [-0.39, 0.29) is 10.9 Å². The number of nitrogens with one attached hydrogen (secondary N) is 2. The van der Waals surface area contributed by atoms with Crippen LogP contribution in [0.25, 0.3) is 0 Å². The van der Waals surface area contributed by atoms with E-state index in [0.29, 0.717) is 22.6 Å². The molecule has 0 heterocycles. The van der Waals surface area contributed by atoms with Crippen molar-refractivity contribution >= 4 is 34.6 Å². The standard InChI is InChI=1S/C14H13ClFN3O/c1-18-14(20)8-2-4-13(11(17)6-8)19-12-5-3-9(16)7-10(12)15/h2-7,19H,17H2,1H3,(H,18,20). The number of halogens is 2. The molecule has 0 aromatic heterocycles. The van der Waals surface area contributed by atoms with Gasteiger partial charge in [0.25, 0.3) is 5.91 Å². The van der Waals surface area contributed by atoms with Crippen molar-refractivity contribution in [2.24, 2.45) is 0 Å². The van der Waals surface area contributed by atoms with Crippen molar-refractivity contribution in [2.75, 3.05) is 18.1 Å². The van der Waals surface area contributed by atoms with E-state index in [0.717, 1.165) is 0 Å². The topological polar surface area (TPSA) is 67.2 Å². The highest BCUT2D eigenvalue weighted by atomic mass is 35.5. The second-order valence-electron chi connectivity index (χ2n) is 4.13. The van der Waals surface area contributed by atoms with Gasteiger partial charge in [-0.1, -0.05) is 11.6 Å². The smallest absolute Gasteiger partial charge is 0.251 e. The molecule has 4 nitrogen and oxygen atoms in total. The average molecular weight is 294 g/mol. The van der Waals surface area contributed by atoms with Gasteiger partial charge in [0.1, 0.15) is 5.82 Å². The van der Waals surface area contributed by atoms with Crippen LogP contribution in [0.3, 0.4) is 0 Å². The summed E-state index contributed by atoms with van der Waals surface area (Å²) in [5.41, 5.74) is 7.86. The zero-order chi connectivity index (χ0) is 14.7. The third kappa shape index (κ3) is 3.00. The Hall–Kier alpha value is -2.27. The molecule has 0 saturated heterocycles. The van der Waals surface area contributed by atoms with Gasteiger partial charge in [-0.3, -0.25) is 4.79 Å². The lowest BCUT2D eigenvalue weighted by molar-refractivity contribution is 0.0963. The summed E-state index contributed by atoms with van der Waals surface area (Å²) in [5, 5.41) is 5.76. The van der Waals surface area contributed by atoms with E-state index in [1.807, 2.05) is 0 Å². The van der Waals surface area contributed by atoms with Crippen molar-refractivity contribution in [1.29, 1.82) is 0 Å². The van der Waals surface area contributed by atoms with Crippen LogP contribution in [0.5, 0.6) is 0 Å². The predicted molar refractivity (Wildman–Crippen MR) is 78.9 cm³/mol. The first-order valence-electron chi connectivity index (χ1n) is 5.85. The van der Waals surface area contributed by atoms with Crippen LogP contribution < -0.4 is 16.4 Å². The van der Waals surface area contributed by atoms with Crippen LogP contribution >= 0.6 is 11.6 Å². The van der Waals surface area contributed by atoms with Crippen LogP contribution in [0.1, 0.15) is 10.4 Å². The number of benzene rings is 2.